The van der Waals surface area contributed by atoms with Crippen LogP contribution >= 0.6 is 11.3 Å². The average molecular weight is 298 g/mol. The van der Waals surface area contributed by atoms with Crippen molar-refractivity contribution in [1.82, 2.24) is 10.1 Å². The molecule has 5 heteroatoms. The quantitative estimate of drug-likeness (QED) is 0.733. The summed E-state index contributed by atoms with van der Waals surface area (Å²) in [4.78, 5) is 5.35. The second-order valence-corrected chi connectivity index (χ2v) is 6.01. The first-order valence-corrected chi connectivity index (χ1v) is 7.87. The fourth-order valence-electron chi connectivity index (χ4n) is 2.60. The lowest BCUT2D eigenvalue weighted by atomic mass is 10.1. The molecule has 3 aromatic rings. The molecule has 1 aliphatic carbocycles. The number of fused-ring (bicyclic) bond motifs is 1. The molecule has 0 spiro atoms. The number of nitrogens with zero attached hydrogens (tertiary/aromatic N) is 2. The van der Waals surface area contributed by atoms with Crippen molar-refractivity contribution in [2.45, 2.75) is 25.9 Å². The van der Waals surface area contributed by atoms with Crippen LogP contribution < -0.4 is 4.74 Å². The summed E-state index contributed by atoms with van der Waals surface area (Å²) in [6, 6.07) is 10.2. The smallest absolute Gasteiger partial charge is 0.264 e. The number of rotatable bonds is 4. The minimum absolute atomic E-state index is 0.303. The Morgan fingerprint density at radius 2 is 2.14 bits per heavy atom. The molecule has 0 aliphatic heterocycles. The van der Waals surface area contributed by atoms with Gasteiger partial charge in [0.15, 0.2) is 6.61 Å². The molecule has 0 bridgehead atoms. The monoisotopic (exact) mass is 298 g/mol. The van der Waals surface area contributed by atoms with Gasteiger partial charge in [0.2, 0.25) is 5.82 Å². The van der Waals surface area contributed by atoms with E-state index in [-0.39, 0.29) is 0 Å². The maximum atomic E-state index is 5.76. The number of aromatic nitrogens is 2. The van der Waals surface area contributed by atoms with Crippen LogP contribution in [0.1, 0.15) is 23.4 Å². The van der Waals surface area contributed by atoms with Gasteiger partial charge in [0, 0.05) is 0 Å². The minimum Gasteiger partial charge on any atom is -0.484 e. The third kappa shape index (κ3) is 2.56. The molecular formula is C16H14N2O2S. The number of ether oxygens (including phenoxy) is 1. The summed E-state index contributed by atoms with van der Waals surface area (Å²) in [5, 5.41) is 5.97. The summed E-state index contributed by atoms with van der Waals surface area (Å²) in [6.07, 6.45) is 3.58. The predicted octanol–water partition coefficient (Wildman–Crippen LogP) is 3.87. The Morgan fingerprint density at radius 1 is 1.19 bits per heavy atom. The summed E-state index contributed by atoms with van der Waals surface area (Å²) in [5.74, 6) is 1.99. The van der Waals surface area contributed by atoms with Crippen LogP contribution in [0.2, 0.25) is 0 Å². The van der Waals surface area contributed by atoms with E-state index in [1.165, 1.54) is 24.0 Å². The first-order chi connectivity index (χ1) is 10.4. The van der Waals surface area contributed by atoms with Crippen LogP contribution in [-0.4, -0.2) is 10.1 Å². The van der Waals surface area contributed by atoms with Crippen molar-refractivity contribution in [2.75, 3.05) is 0 Å². The van der Waals surface area contributed by atoms with Crippen LogP contribution in [-0.2, 0) is 19.4 Å². The van der Waals surface area contributed by atoms with Gasteiger partial charge in [-0.05, 0) is 54.0 Å². The summed E-state index contributed by atoms with van der Waals surface area (Å²) >= 11 is 1.59. The van der Waals surface area contributed by atoms with E-state index in [9.17, 15) is 0 Å². The number of aryl methyl sites for hydroxylation is 2. The summed E-state index contributed by atoms with van der Waals surface area (Å²) in [7, 11) is 0. The molecular weight excluding hydrogens is 284 g/mol. The molecule has 0 unspecified atom stereocenters. The molecule has 4 nitrogen and oxygen atoms in total. The van der Waals surface area contributed by atoms with Crippen molar-refractivity contribution in [3.05, 3.63) is 52.7 Å². The molecule has 0 amide bonds. The van der Waals surface area contributed by atoms with Crippen LogP contribution in [0, 0.1) is 0 Å². The van der Waals surface area contributed by atoms with E-state index in [1.807, 2.05) is 23.6 Å². The van der Waals surface area contributed by atoms with E-state index in [4.69, 9.17) is 9.26 Å². The SMILES string of the molecule is c1csc(-c2noc(COc3ccc4c(c3)CCC4)n2)c1. The van der Waals surface area contributed by atoms with Crippen LogP contribution in [0.15, 0.2) is 40.2 Å². The zero-order valence-electron chi connectivity index (χ0n) is 11.4. The highest BCUT2D eigenvalue weighted by Crippen LogP contribution is 2.26. The lowest BCUT2D eigenvalue weighted by molar-refractivity contribution is 0.243. The molecule has 21 heavy (non-hydrogen) atoms. The van der Waals surface area contributed by atoms with Crippen LogP contribution in [0.4, 0.5) is 0 Å². The van der Waals surface area contributed by atoms with Crippen molar-refractivity contribution < 1.29 is 9.26 Å². The molecule has 0 atom stereocenters. The summed E-state index contributed by atoms with van der Waals surface area (Å²) in [6.45, 7) is 0.303. The van der Waals surface area contributed by atoms with E-state index in [0.717, 1.165) is 17.0 Å². The minimum atomic E-state index is 0.303. The molecule has 0 saturated carbocycles. The number of hydrogen-bond acceptors (Lipinski definition) is 5. The van der Waals surface area contributed by atoms with Crippen LogP contribution in [0.25, 0.3) is 10.7 Å². The molecule has 0 fully saturated rings. The highest BCUT2D eigenvalue weighted by atomic mass is 32.1. The van der Waals surface area contributed by atoms with Gasteiger partial charge in [0.1, 0.15) is 5.75 Å². The van der Waals surface area contributed by atoms with E-state index in [0.29, 0.717) is 18.3 Å². The van der Waals surface area contributed by atoms with Gasteiger partial charge in [0.05, 0.1) is 4.88 Å². The molecule has 0 radical (unpaired) electrons. The Hall–Kier alpha value is -2.14. The van der Waals surface area contributed by atoms with Gasteiger partial charge in [-0.15, -0.1) is 11.3 Å². The number of hydrogen-bond donors (Lipinski definition) is 0. The van der Waals surface area contributed by atoms with E-state index in [1.54, 1.807) is 11.3 Å². The first-order valence-electron chi connectivity index (χ1n) is 6.99. The third-order valence-corrected chi connectivity index (χ3v) is 4.51. The van der Waals surface area contributed by atoms with Gasteiger partial charge in [-0.3, -0.25) is 0 Å². The van der Waals surface area contributed by atoms with Gasteiger partial charge in [-0.2, -0.15) is 4.98 Å². The Labute approximate surface area is 126 Å². The zero-order chi connectivity index (χ0) is 14.1. The highest BCUT2D eigenvalue weighted by Gasteiger charge is 2.13. The van der Waals surface area contributed by atoms with Gasteiger partial charge in [-0.25, -0.2) is 0 Å². The van der Waals surface area contributed by atoms with Crippen molar-refractivity contribution in [2.24, 2.45) is 0 Å². The first kappa shape index (κ1) is 12.6. The molecule has 2 aromatic heterocycles. The number of thiophene rings is 1. The fourth-order valence-corrected chi connectivity index (χ4v) is 3.25. The molecule has 2 heterocycles. The van der Waals surface area contributed by atoms with Gasteiger partial charge in [0.25, 0.3) is 5.89 Å². The predicted molar refractivity (Wildman–Crippen MR) is 80.4 cm³/mol. The molecule has 1 aromatic carbocycles. The van der Waals surface area contributed by atoms with Gasteiger partial charge >= 0.3 is 0 Å². The maximum absolute atomic E-state index is 5.76. The second kappa shape index (κ2) is 5.33. The molecule has 0 N–H and O–H groups in total. The lowest BCUT2D eigenvalue weighted by Gasteiger charge is -2.05. The molecule has 106 valence electrons. The summed E-state index contributed by atoms with van der Waals surface area (Å²) in [5.41, 5.74) is 2.84. The van der Waals surface area contributed by atoms with E-state index in [2.05, 4.69) is 22.3 Å². The lowest BCUT2D eigenvalue weighted by Crippen LogP contribution is -1.96. The Kier molecular flexibility index (Phi) is 3.20. The molecule has 1 aliphatic rings. The molecule has 0 saturated heterocycles. The van der Waals surface area contributed by atoms with Crippen LogP contribution in [0.3, 0.4) is 0 Å². The Balaban J connectivity index is 1.45. The summed E-state index contributed by atoms with van der Waals surface area (Å²) < 4.78 is 11.0. The van der Waals surface area contributed by atoms with Crippen molar-refractivity contribution in [1.29, 1.82) is 0 Å². The average Bonchev–Trinajstić information content (AvgIpc) is 3.24. The Bertz CT molecular complexity index is 749. The normalized spacial score (nSPS) is 13.3. The molecule has 4 rings (SSSR count). The van der Waals surface area contributed by atoms with Crippen molar-refractivity contribution >= 4 is 11.3 Å². The topological polar surface area (TPSA) is 48.2 Å². The third-order valence-electron chi connectivity index (χ3n) is 3.64. The maximum Gasteiger partial charge on any atom is 0.264 e. The van der Waals surface area contributed by atoms with Gasteiger partial charge < -0.3 is 9.26 Å². The second-order valence-electron chi connectivity index (χ2n) is 5.06. The van der Waals surface area contributed by atoms with E-state index >= 15 is 0 Å². The Morgan fingerprint density at radius 3 is 3.05 bits per heavy atom. The largest absolute Gasteiger partial charge is 0.484 e. The zero-order valence-corrected chi connectivity index (χ0v) is 12.2. The number of benzene rings is 1. The van der Waals surface area contributed by atoms with Crippen LogP contribution in [0.5, 0.6) is 5.75 Å². The van der Waals surface area contributed by atoms with Crippen molar-refractivity contribution in [3.8, 4) is 16.5 Å². The fraction of sp³-hybridized carbons (Fsp3) is 0.250. The standard InChI is InChI=1S/C16H14N2O2S/c1-3-11-6-7-13(9-12(11)4-1)19-10-15-17-16(18-20-15)14-5-2-8-21-14/h2,5-9H,1,3-4,10H2. The van der Waals surface area contributed by atoms with Crippen molar-refractivity contribution in [3.63, 3.8) is 0 Å². The highest BCUT2D eigenvalue weighted by molar-refractivity contribution is 7.13. The van der Waals surface area contributed by atoms with E-state index < -0.39 is 0 Å². The van der Waals surface area contributed by atoms with Gasteiger partial charge in [-0.1, -0.05) is 17.3 Å².